The lowest BCUT2D eigenvalue weighted by Crippen LogP contribution is -2.25. The van der Waals surface area contributed by atoms with Gasteiger partial charge in [0, 0.05) is 23.9 Å². The van der Waals surface area contributed by atoms with Crippen LogP contribution in [0.3, 0.4) is 0 Å². The molecule has 2 heterocycles. The van der Waals surface area contributed by atoms with Crippen molar-refractivity contribution in [3.63, 3.8) is 0 Å². The summed E-state index contributed by atoms with van der Waals surface area (Å²) < 4.78 is 12.1. The van der Waals surface area contributed by atoms with Crippen molar-refractivity contribution in [2.24, 2.45) is 0 Å². The van der Waals surface area contributed by atoms with Crippen LogP contribution in [0.15, 0.2) is 72.8 Å². The Labute approximate surface area is 190 Å². The molecular weight excluding hydrogens is 398 g/mol. The van der Waals surface area contributed by atoms with E-state index in [0.29, 0.717) is 6.61 Å². The Morgan fingerprint density at radius 2 is 1.69 bits per heavy atom. The van der Waals surface area contributed by atoms with Crippen LogP contribution in [0.25, 0.3) is 0 Å². The van der Waals surface area contributed by atoms with E-state index < -0.39 is 0 Å². The SMILES string of the molecule is Oc1ccc2c(c1)[C@H](c1ccc(OCCCN3CCCC3)cc1)[C@H](c1ccccc1)CO2. The van der Waals surface area contributed by atoms with E-state index in [-0.39, 0.29) is 17.6 Å². The van der Waals surface area contributed by atoms with E-state index >= 15 is 0 Å². The fraction of sp³-hybridized carbons (Fsp3) is 0.357. The molecule has 0 spiro atoms. The van der Waals surface area contributed by atoms with Gasteiger partial charge in [0.2, 0.25) is 0 Å². The summed E-state index contributed by atoms with van der Waals surface area (Å²) in [5, 5.41) is 10.2. The van der Waals surface area contributed by atoms with E-state index in [0.717, 1.165) is 36.6 Å². The largest absolute Gasteiger partial charge is 0.508 e. The standard InChI is InChI=1S/C28H31NO3/c30-23-11-14-27-25(19-23)28(26(20-32-27)21-7-2-1-3-8-21)22-9-12-24(13-10-22)31-18-6-17-29-15-4-5-16-29/h1-3,7-14,19,26,28,30H,4-6,15-18,20H2/t26-,28-/m0/s1. The first-order chi connectivity index (χ1) is 15.8. The molecule has 2 aliphatic rings. The van der Waals surface area contributed by atoms with Gasteiger partial charge in [-0.05, 0) is 73.8 Å². The third-order valence-electron chi connectivity index (χ3n) is 6.70. The van der Waals surface area contributed by atoms with Crippen molar-refractivity contribution < 1.29 is 14.6 Å². The number of likely N-dealkylation sites (tertiary alicyclic amines) is 1. The molecule has 0 amide bonds. The number of hydrogen-bond donors (Lipinski definition) is 1. The average molecular weight is 430 g/mol. The molecule has 1 N–H and O–H groups in total. The monoisotopic (exact) mass is 429 g/mol. The fourth-order valence-corrected chi connectivity index (χ4v) is 5.06. The highest BCUT2D eigenvalue weighted by Gasteiger charge is 2.33. The van der Waals surface area contributed by atoms with Crippen molar-refractivity contribution >= 4 is 0 Å². The summed E-state index contributed by atoms with van der Waals surface area (Å²) in [7, 11) is 0. The molecule has 0 saturated carbocycles. The predicted molar refractivity (Wildman–Crippen MR) is 127 cm³/mol. The van der Waals surface area contributed by atoms with Crippen molar-refractivity contribution in [1.82, 2.24) is 4.90 Å². The Bertz CT molecular complexity index is 1010. The topological polar surface area (TPSA) is 41.9 Å². The summed E-state index contributed by atoms with van der Waals surface area (Å²) in [4.78, 5) is 2.52. The predicted octanol–water partition coefficient (Wildman–Crippen LogP) is 5.57. The van der Waals surface area contributed by atoms with Gasteiger partial charge in [0.05, 0.1) is 13.2 Å². The van der Waals surface area contributed by atoms with Gasteiger partial charge >= 0.3 is 0 Å². The maximum atomic E-state index is 10.2. The van der Waals surface area contributed by atoms with Crippen molar-refractivity contribution in [2.45, 2.75) is 31.1 Å². The Morgan fingerprint density at radius 3 is 2.47 bits per heavy atom. The molecule has 32 heavy (non-hydrogen) atoms. The molecule has 1 saturated heterocycles. The molecule has 3 aromatic carbocycles. The lowest BCUT2D eigenvalue weighted by Gasteiger charge is -2.34. The van der Waals surface area contributed by atoms with E-state index in [9.17, 15) is 5.11 Å². The Balaban J connectivity index is 1.34. The van der Waals surface area contributed by atoms with Gasteiger partial charge in [-0.1, -0.05) is 42.5 Å². The molecule has 4 heteroatoms. The van der Waals surface area contributed by atoms with Crippen LogP contribution in [0, 0.1) is 0 Å². The minimum Gasteiger partial charge on any atom is -0.508 e. The number of aromatic hydroxyl groups is 1. The van der Waals surface area contributed by atoms with Gasteiger partial charge in [-0.25, -0.2) is 0 Å². The van der Waals surface area contributed by atoms with Gasteiger partial charge in [-0.15, -0.1) is 0 Å². The zero-order valence-corrected chi connectivity index (χ0v) is 18.5. The second kappa shape index (κ2) is 9.66. The van der Waals surface area contributed by atoms with Crippen LogP contribution >= 0.6 is 0 Å². The number of rotatable bonds is 7. The highest BCUT2D eigenvalue weighted by molar-refractivity contribution is 5.51. The van der Waals surface area contributed by atoms with Crippen molar-refractivity contribution in [3.05, 3.63) is 89.5 Å². The summed E-state index contributed by atoms with van der Waals surface area (Å²) in [6, 6.07) is 24.4. The smallest absolute Gasteiger partial charge is 0.123 e. The van der Waals surface area contributed by atoms with Gasteiger partial charge in [0.1, 0.15) is 17.2 Å². The maximum absolute atomic E-state index is 10.2. The minimum absolute atomic E-state index is 0.109. The van der Waals surface area contributed by atoms with Crippen LogP contribution in [0.2, 0.25) is 0 Å². The highest BCUT2D eigenvalue weighted by atomic mass is 16.5. The first-order valence-corrected chi connectivity index (χ1v) is 11.7. The van der Waals surface area contributed by atoms with Gasteiger partial charge in [-0.3, -0.25) is 0 Å². The van der Waals surface area contributed by atoms with E-state index in [1.54, 1.807) is 6.07 Å². The Kier molecular flexibility index (Phi) is 6.31. The molecule has 4 nitrogen and oxygen atoms in total. The molecule has 0 radical (unpaired) electrons. The number of hydrogen-bond acceptors (Lipinski definition) is 4. The number of phenolic OH excluding ortho intramolecular Hbond substituents is 1. The summed E-state index contributed by atoms with van der Waals surface area (Å²) in [5.41, 5.74) is 3.48. The third-order valence-corrected chi connectivity index (χ3v) is 6.70. The maximum Gasteiger partial charge on any atom is 0.123 e. The van der Waals surface area contributed by atoms with Crippen molar-refractivity contribution in [2.75, 3.05) is 32.8 Å². The molecule has 0 aliphatic carbocycles. The summed E-state index contributed by atoms with van der Waals surface area (Å²) >= 11 is 0. The molecule has 1 fully saturated rings. The Hall–Kier alpha value is -2.98. The van der Waals surface area contributed by atoms with Crippen molar-refractivity contribution in [1.29, 1.82) is 0 Å². The van der Waals surface area contributed by atoms with E-state index in [4.69, 9.17) is 9.47 Å². The summed E-state index contributed by atoms with van der Waals surface area (Å²) in [6.45, 7) is 4.95. The fourth-order valence-electron chi connectivity index (χ4n) is 5.06. The number of benzene rings is 3. The second-order valence-corrected chi connectivity index (χ2v) is 8.85. The van der Waals surface area contributed by atoms with Gasteiger partial charge in [0.25, 0.3) is 0 Å². The lowest BCUT2D eigenvalue weighted by atomic mass is 9.76. The number of ether oxygens (including phenoxy) is 2. The number of fused-ring (bicyclic) bond motifs is 1. The van der Waals surface area contributed by atoms with Gasteiger partial charge in [-0.2, -0.15) is 0 Å². The Morgan fingerprint density at radius 1 is 0.906 bits per heavy atom. The highest BCUT2D eigenvalue weighted by Crippen LogP contribution is 2.47. The molecule has 0 unspecified atom stereocenters. The lowest BCUT2D eigenvalue weighted by molar-refractivity contribution is 0.248. The van der Waals surface area contributed by atoms with E-state index in [2.05, 4.69) is 53.4 Å². The first kappa shape index (κ1) is 20.9. The quantitative estimate of drug-likeness (QED) is 0.499. The number of nitrogens with zero attached hydrogens (tertiary/aromatic N) is 1. The molecule has 2 atom stereocenters. The summed E-state index contributed by atoms with van der Waals surface area (Å²) in [5.74, 6) is 2.32. The molecular formula is C28H31NO3. The van der Waals surface area contributed by atoms with Crippen LogP contribution in [0.4, 0.5) is 0 Å². The van der Waals surface area contributed by atoms with Crippen LogP contribution in [-0.4, -0.2) is 42.9 Å². The zero-order chi connectivity index (χ0) is 21.8. The van der Waals surface area contributed by atoms with Gasteiger partial charge < -0.3 is 19.5 Å². The van der Waals surface area contributed by atoms with Gasteiger partial charge in [0.15, 0.2) is 0 Å². The van der Waals surface area contributed by atoms with Crippen LogP contribution in [0.1, 0.15) is 47.8 Å². The zero-order valence-electron chi connectivity index (χ0n) is 18.5. The molecule has 2 aliphatic heterocycles. The molecule has 5 rings (SSSR count). The summed E-state index contributed by atoms with van der Waals surface area (Å²) in [6.07, 6.45) is 3.73. The number of phenols is 1. The molecule has 166 valence electrons. The molecule has 3 aromatic rings. The van der Waals surface area contributed by atoms with Crippen molar-refractivity contribution in [3.8, 4) is 17.2 Å². The third kappa shape index (κ3) is 4.61. The average Bonchev–Trinajstić information content (AvgIpc) is 3.36. The molecule has 0 bridgehead atoms. The van der Waals surface area contributed by atoms with E-state index in [1.807, 2.05) is 18.2 Å². The minimum atomic E-state index is 0.109. The first-order valence-electron chi connectivity index (χ1n) is 11.7. The normalized spacial score (nSPS) is 20.5. The van der Waals surface area contributed by atoms with Crippen LogP contribution in [-0.2, 0) is 0 Å². The van der Waals surface area contributed by atoms with Crippen LogP contribution < -0.4 is 9.47 Å². The van der Waals surface area contributed by atoms with Crippen LogP contribution in [0.5, 0.6) is 17.2 Å². The van der Waals surface area contributed by atoms with E-state index in [1.165, 1.54) is 37.1 Å². The second-order valence-electron chi connectivity index (χ2n) is 8.85. The molecule has 0 aromatic heterocycles.